The van der Waals surface area contributed by atoms with Crippen LogP contribution in [0.1, 0.15) is 63.0 Å². The van der Waals surface area contributed by atoms with Crippen LogP contribution >= 0.6 is 11.6 Å². The van der Waals surface area contributed by atoms with Crippen molar-refractivity contribution in [1.82, 2.24) is 0 Å². The lowest BCUT2D eigenvalue weighted by Gasteiger charge is -2.28. The van der Waals surface area contributed by atoms with Crippen molar-refractivity contribution in [2.75, 3.05) is 6.54 Å². The van der Waals surface area contributed by atoms with E-state index in [-0.39, 0.29) is 5.41 Å². The minimum absolute atomic E-state index is 0.192. The number of rotatable bonds is 4. The molecule has 2 N–H and O–H groups in total. The van der Waals surface area contributed by atoms with Gasteiger partial charge in [0.25, 0.3) is 0 Å². The second-order valence-corrected chi connectivity index (χ2v) is 6.14. The topological polar surface area (TPSA) is 26.0 Å². The van der Waals surface area contributed by atoms with Crippen LogP contribution in [0.4, 0.5) is 0 Å². The summed E-state index contributed by atoms with van der Waals surface area (Å²) in [5, 5.41) is 0.918. The molecule has 0 saturated heterocycles. The van der Waals surface area contributed by atoms with Gasteiger partial charge in [0.05, 0.1) is 0 Å². The van der Waals surface area contributed by atoms with E-state index in [1.54, 1.807) is 0 Å². The van der Waals surface area contributed by atoms with Crippen LogP contribution < -0.4 is 5.73 Å². The molecule has 0 heterocycles. The van der Waals surface area contributed by atoms with Gasteiger partial charge in [-0.15, -0.1) is 0 Å². The Labute approximate surface area is 116 Å². The monoisotopic (exact) mass is 265 g/mol. The van der Waals surface area contributed by atoms with E-state index in [1.807, 2.05) is 0 Å². The molecule has 0 spiro atoms. The molecular formula is C16H24ClN. The molecule has 1 unspecified atom stereocenters. The normalized spacial score (nSPS) is 20.0. The predicted octanol–water partition coefficient (Wildman–Crippen LogP) is 4.62. The van der Waals surface area contributed by atoms with Gasteiger partial charge in [0.15, 0.2) is 0 Å². The van der Waals surface area contributed by atoms with Crippen LogP contribution in [0.15, 0.2) is 18.2 Å². The highest BCUT2D eigenvalue weighted by Gasteiger charge is 2.34. The molecule has 1 aromatic carbocycles. The Morgan fingerprint density at radius 1 is 1.33 bits per heavy atom. The molecule has 1 fully saturated rings. The molecule has 2 rings (SSSR count). The number of benzene rings is 1. The van der Waals surface area contributed by atoms with Crippen molar-refractivity contribution in [3.05, 3.63) is 34.3 Å². The Bertz CT molecular complexity index is 408. The zero-order valence-electron chi connectivity index (χ0n) is 11.5. The minimum Gasteiger partial charge on any atom is -0.330 e. The molecule has 0 radical (unpaired) electrons. The summed E-state index contributed by atoms with van der Waals surface area (Å²) in [5.74, 6) is 0.531. The van der Waals surface area contributed by atoms with E-state index in [2.05, 4.69) is 32.0 Å². The van der Waals surface area contributed by atoms with E-state index in [9.17, 15) is 0 Å². The molecule has 0 amide bonds. The molecule has 1 aliphatic carbocycles. The third kappa shape index (κ3) is 2.44. The van der Waals surface area contributed by atoms with Crippen LogP contribution in [0.2, 0.25) is 5.02 Å². The number of halogens is 1. The molecule has 0 aromatic heterocycles. The first-order chi connectivity index (χ1) is 8.63. The lowest BCUT2D eigenvalue weighted by atomic mass is 9.78. The standard InChI is InChI=1S/C16H24ClN/c1-3-12(2)14-7-6-13(10-15(14)17)16(11-18)8-4-5-9-16/h6-7,10,12H,3-5,8-9,11,18H2,1-2H3. The van der Waals surface area contributed by atoms with E-state index in [0.29, 0.717) is 5.92 Å². The van der Waals surface area contributed by atoms with Crippen molar-refractivity contribution in [3.63, 3.8) is 0 Å². The molecule has 1 nitrogen and oxygen atoms in total. The largest absolute Gasteiger partial charge is 0.330 e. The van der Waals surface area contributed by atoms with Crippen LogP contribution in [-0.2, 0) is 5.41 Å². The molecule has 2 heteroatoms. The average molecular weight is 266 g/mol. The summed E-state index contributed by atoms with van der Waals surface area (Å²) in [6.45, 7) is 5.18. The molecule has 0 bridgehead atoms. The highest BCUT2D eigenvalue weighted by atomic mass is 35.5. The van der Waals surface area contributed by atoms with Gasteiger partial charge in [-0.25, -0.2) is 0 Å². The second-order valence-electron chi connectivity index (χ2n) is 5.74. The van der Waals surface area contributed by atoms with E-state index in [0.717, 1.165) is 18.0 Å². The zero-order valence-corrected chi connectivity index (χ0v) is 12.3. The Morgan fingerprint density at radius 2 is 2.00 bits per heavy atom. The van der Waals surface area contributed by atoms with Gasteiger partial charge in [0, 0.05) is 17.0 Å². The average Bonchev–Trinajstić information content (AvgIpc) is 2.87. The first kappa shape index (κ1) is 13.9. The van der Waals surface area contributed by atoms with Crippen molar-refractivity contribution in [1.29, 1.82) is 0 Å². The lowest BCUT2D eigenvalue weighted by molar-refractivity contribution is 0.453. The fourth-order valence-electron chi connectivity index (χ4n) is 3.14. The smallest absolute Gasteiger partial charge is 0.0443 e. The van der Waals surface area contributed by atoms with Gasteiger partial charge in [0.2, 0.25) is 0 Å². The van der Waals surface area contributed by atoms with Gasteiger partial charge in [-0.2, -0.15) is 0 Å². The van der Waals surface area contributed by atoms with E-state index >= 15 is 0 Å². The first-order valence-corrected chi connectivity index (χ1v) is 7.51. The SMILES string of the molecule is CCC(C)c1ccc(C2(CN)CCCC2)cc1Cl. The number of hydrogen-bond acceptors (Lipinski definition) is 1. The predicted molar refractivity (Wildman–Crippen MR) is 79.4 cm³/mol. The maximum Gasteiger partial charge on any atom is 0.0443 e. The number of hydrogen-bond donors (Lipinski definition) is 1. The van der Waals surface area contributed by atoms with Gasteiger partial charge < -0.3 is 5.73 Å². The van der Waals surface area contributed by atoms with Gasteiger partial charge >= 0.3 is 0 Å². The van der Waals surface area contributed by atoms with Crippen molar-refractivity contribution in [2.45, 2.75) is 57.3 Å². The van der Waals surface area contributed by atoms with Crippen LogP contribution in [-0.4, -0.2) is 6.54 Å². The van der Waals surface area contributed by atoms with Crippen LogP contribution in [0.25, 0.3) is 0 Å². The maximum atomic E-state index is 6.46. The van der Waals surface area contributed by atoms with Crippen LogP contribution in [0.3, 0.4) is 0 Å². The summed E-state index contributed by atoms with van der Waals surface area (Å²) >= 11 is 6.46. The van der Waals surface area contributed by atoms with Gasteiger partial charge in [-0.05, 0) is 42.4 Å². The quantitative estimate of drug-likeness (QED) is 0.844. The summed E-state index contributed by atoms with van der Waals surface area (Å²) in [6, 6.07) is 6.63. The third-order valence-electron chi connectivity index (χ3n) is 4.71. The second kappa shape index (κ2) is 5.63. The number of nitrogens with two attached hydrogens (primary N) is 1. The van der Waals surface area contributed by atoms with E-state index < -0.39 is 0 Å². The summed E-state index contributed by atoms with van der Waals surface area (Å²) in [6.07, 6.45) is 6.13. The molecule has 1 aliphatic rings. The molecule has 1 saturated carbocycles. The highest BCUT2D eigenvalue weighted by Crippen LogP contribution is 2.42. The summed E-state index contributed by atoms with van der Waals surface area (Å²) in [7, 11) is 0. The van der Waals surface area contributed by atoms with Gasteiger partial charge in [0.1, 0.15) is 0 Å². The lowest BCUT2D eigenvalue weighted by Crippen LogP contribution is -2.32. The fourth-order valence-corrected chi connectivity index (χ4v) is 3.51. The molecule has 0 aliphatic heterocycles. The maximum absolute atomic E-state index is 6.46. The Balaban J connectivity index is 2.33. The van der Waals surface area contributed by atoms with Crippen LogP contribution in [0.5, 0.6) is 0 Å². The summed E-state index contributed by atoms with van der Waals surface area (Å²) in [5.41, 5.74) is 8.84. The summed E-state index contributed by atoms with van der Waals surface area (Å²) in [4.78, 5) is 0. The van der Waals surface area contributed by atoms with Crippen molar-refractivity contribution in [3.8, 4) is 0 Å². The van der Waals surface area contributed by atoms with Gasteiger partial charge in [-0.3, -0.25) is 0 Å². The Morgan fingerprint density at radius 3 is 2.50 bits per heavy atom. The molecule has 1 atom stereocenters. The van der Waals surface area contributed by atoms with Gasteiger partial charge in [-0.1, -0.05) is 50.4 Å². The highest BCUT2D eigenvalue weighted by molar-refractivity contribution is 6.31. The van der Waals surface area contributed by atoms with E-state index in [1.165, 1.54) is 36.8 Å². The minimum atomic E-state index is 0.192. The Kier molecular flexibility index (Phi) is 4.34. The molecule has 18 heavy (non-hydrogen) atoms. The summed E-state index contributed by atoms with van der Waals surface area (Å²) < 4.78 is 0. The van der Waals surface area contributed by atoms with E-state index in [4.69, 9.17) is 17.3 Å². The first-order valence-electron chi connectivity index (χ1n) is 7.13. The van der Waals surface area contributed by atoms with Crippen molar-refractivity contribution < 1.29 is 0 Å². The third-order valence-corrected chi connectivity index (χ3v) is 5.03. The Hall–Kier alpha value is -0.530. The van der Waals surface area contributed by atoms with Crippen molar-refractivity contribution in [2.24, 2.45) is 5.73 Å². The zero-order chi connectivity index (χ0) is 13.2. The molecular weight excluding hydrogens is 242 g/mol. The van der Waals surface area contributed by atoms with Crippen molar-refractivity contribution >= 4 is 11.6 Å². The fraction of sp³-hybridized carbons (Fsp3) is 0.625. The van der Waals surface area contributed by atoms with Crippen LogP contribution in [0, 0.1) is 0 Å². The molecule has 1 aromatic rings. The molecule has 100 valence electrons.